The van der Waals surface area contributed by atoms with Gasteiger partial charge in [0.25, 0.3) is 11.8 Å². The van der Waals surface area contributed by atoms with Crippen molar-refractivity contribution < 1.29 is 14.3 Å². The summed E-state index contributed by atoms with van der Waals surface area (Å²) in [4.78, 5) is 25.5. The Morgan fingerprint density at radius 3 is 2.34 bits per heavy atom. The molecule has 29 heavy (non-hydrogen) atoms. The molecule has 2 aliphatic carbocycles. The second-order valence-corrected chi connectivity index (χ2v) is 8.12. The quantitative estimate of drug-likeness (QED) is 0.427. The van der Waals surface area contributed by atoms with Gasteiger partial charge >= 0.3 is 0 Å². The van der Waals surface area contributed by atoms with Crippen LogP contribution in [0.25, 0.3) is 0 Å². The first-order chi connectivity index (χ1) is 14.1. The highest BCUT2D eigenvalue weighted by molar-refractivity contribution is 6.30. The number of hydrogen-bond donors (Lipinski definition) is 0. The van der Waals surface area contributed by atoms with Gasteiger partial charge in [-0.3, -0.25) is 9.59 Å². The Morgan fingerprint density at radius 2 is 1.66 bits per heavy atom. The molecule has 2 aromatic carbocycles. The van der Waals surface area contributed by atoms with Crippen LogP contribution in [-0.2, 0) is 16.2 Å². The third kappa shape index (κ3) is 3.15. The van der Waals surface area contributed by atoms with E-state index in [2.05, 4.69) is 17.3 Å². The lowest BCUT2D eigenvalue weighted by molar-refractivity contribution is -0.140. The number of allylic oxidation sites excluding steroid dienone is 2. The molecule has 2 amide bonds. The first-order valence-electron chi connectivity index (χ1n) is 9.68. The Balaban J connectivity index is 1.32. The predicted octanol–water partition coefficient (Wildman–Crippen LogP) is 4.06. The van der Waals surface area contributed by atoms with Gasteiger partial charge in [-0.1, -0.05) is 48.0 Å². The Bertz CT molecular complexity index is 1000. The fraction of sp³-hybridized carbons (Fsp3) is 0.261. The second-order valence-electron chi connectivity index (χ2n) is 7.69. The molecule has 5 nitrogen and oxygen atoms in total. The minimum absolute atomic E-state index is 0.177. The number of halogens is 1. The van der Waals surface area contributed by atoms with E-state index in [1.54, 1.807) is 0 Å². The summed E-state index contributed by atoms with van der Waals surface area (Å²) in [6.45, 7) is 0.378. The van der Waals surface area contributed by atoms with E-state index in [-0.39, 0.29) is 35.5 Å². The largest absolute Gasteiger partial charge is 0.488 e. The molecule has 1 saturated carbocycles. The molecule has 2 aromatic rings. The summed E-state index contributed by atoms with van der Waals surface area (Å²) in [5, 5.41) is 5.97. The zero-order chi connectivity index (χ0) is 20.0. The number of rotatable bonds is 5. The molecular formula is C23H19ClN2O3. The van der Waals surface area contributed by atoms with Crippen molar-refractivity contribution in [1.29, 1.82) is 0 Å². The number of carbonyl (C=O) groups is 2. The zero-order valence-corrected chi connectivity index (χ0v) is 16.3. The van der Waals surface area contributed by atoms with Crippen molar-refractivity contribution in [3.8, 4) is 5.75 Å². The predicted molar refractivity (Wildman–Crippen MR) is 109 cm³/mol. The van der Waals surface area contributed by atoms with Crippen LogP contribution in [0.3, 0.4) is 0 Å². The standard InChI is InChI=1S/C23H19ClN2O3/c24-18-9-5-14(6-10-18)13-29-19-4-2-1-3-17(19)12-25-26-22(27)20-15-7-8-16(11-15)21(20)23(26)28/h1-10,12,15-16,20-21H,11,13H2. The number of carbonyl (C=O) groups excluding carboxylic acids is 2. The molecule has 0 radical (unpaired) electrons. The molecule has 3 aliphatic rings. The van der Waals surface area contributed by atoms with Crippen molar-refractivity contribution >= 4 is 29.6 Å². The fourth-order valence-electron chi connectivity index (χ4n) is 4.58. The van der Waals surface area contributed by atoms with Gasteiger partial charge in [-0.2, -0.15) is 10.1 Å². The minimum Gasteiger partial charge on any atom is -0.488 e. The van der Waals surface area contributed by atoms with E-state index in [9.17, 15) is 9.59 Å². The highest BCUT2D eigenvalue weighted by Gasteiger charge is 2.59. The molecular weight excluding hydrogens is 388 g/mol. The summed E-state index contributed by atoms with van der Waals surface area (Å²) in [6.07, 6.45) is 6.59. The SMILES string of the molecule is O=C1C2C3C=CC(C3)C2C(=O)N1N=Cc1ccccc1OCc1ccc(Cl)cc1. The maximum absolute atomic E-state index is 12.7. The zero-order valence-electron chi connectivity index (χ0n) is 15.6. The van der Waals surface area contributed by atoms with Crippen LogP contribution >= 0.6 is 11.6 Å². The normalized spacial score (nSPS) is 27.3. The third-order valence-electron chi connectivity index (χ3n) is 5.99. The summed E-state index contributed by atoms with van der Waals surface area (Å²) < 4.78 is 5.92. The van der Waals surface area contributed by atoms with E-state index in [1.807, 2.05) is 48.5 Å². The van der Waals surface area contributed by atoms with Gasteiger partial charge in [-0.15, -0.1) is 0 Å². The first kappa shape index (κ1) is 18.1. The van der Waals surface area contributed by atoms with Crippen LogP contribution in [0.1, 0.15) is 17.5 Å². The molecule has 5 rings (SSSR count). The van der Waals surface area contributed by atoms with Gasteiger partial charge in [0.1, 0.15) is 12.4 Å². The van der Waals surface area contributed by atoms with Gasteiger partial charge in [0.15, 0.2) is 0 Å². The van der Waals surface area contributed by atoms with Gasteiger partial charge < -0.3 is 4.74 Å². The molecule has 1 saturated heterocycles. The molecule has 6 heteroatoms. The molecule has 1 aliphatic heterocycles. The van der Waals surface area contributed by atoms with Gasteiger partial charge in [-0.25, -0.2) is 0 Å². The number of imide groups is 1. The van der Waals surface area contributed by atoms with Gasteiger partial charge in [0.05, 0.1) is 18.1 Å². The van der Waals surface area contributed by atoms with E-state index in [1.165, 1.54) is 6.21 Å². The van der Waals surface area contributed by atoms with Crippen molar-refractivity contribution in [3.05, 3.63) is 76.8 Å². The van der Waals surface area contributed by atoms with Crippen LogP contribution in [-0.4, -0.2) is 23.0 Å². The highest BCUT2D eigenvalue weighted by atomic mass is 35.5. The average Bonchev–Trinajstić information content (AvgIpc) is 3.41. The van der Waals surface area contributed by atoms with Gasteiger partial charge in [-0.05, 0) is 48.1 Å². The number of ether oxygens (including phenoxy) is 1. The lowest BCUT2D eigenvalue weighted by Gasteiger charge is -2.13. The van der Waals surface area contributed by atoms with E-state index in [4.69, 9.17) is 16.3 Å². The number of hydrazone groups is 1. The Labute approximate surface area is 173 Å². The number of fused-ring (bicyclic) bond motifs is 5. The van der Waals surface area contributed by atoms with Gasteiger partial charge in [0, 0.05) is 10.6 Å². The minimum atomic E-state index is -0.244. The fourth-order valence-corrected chi connectivity index (χ4v) is 4.71. The van der Waals surface area contributed by atoms with E-state index >= 15 is 0 Å². The van der Waals surface area contributed by atoms with E-state index in [0.717, 1.165) is 17.0 Å². The maximum atomic E-state index is 12.7. The first-order valence-corrected chi connectivity index (χ1v) is 10.1. The number of benzene rings is 2. The smallest absolute Gasteiger partial charge is 0.254 e. The molecule has 2 fully saturated rings. The van der Waals surface area contributed by atoms with Crippen molar-refractivity contribution in [1.82, 2.24) is 5.01 Å². The summed E-state index contributed by atoms with van der Waals surface area (Å²) in [6, 6.07) is 14.9. The van der Waals surface area contributed by atoms with Crippen molar-refractivity contribution in [2.24, 2.45) is 28.8 Å². The Morgan fingerprint density at radius 1 is 1.00 bits per heavy atom. The summed E-state index contributed by atoms with van der Waals surface area (Å²) in [7, 11) is 0. The lowest BCUT2D eigenvalue weighted by atomic mass is 9.85. The number of para-hydroxylation sites is 1. The number of hydrogen-bond acceptors (Lipinski definition) is 4. The topological polar surface area (TPSA) is 59.0 Å². The lowest BCUT2D eigenvalue weighted by Crippen LogP contribution is -2.28. The summed E-state index contributed by atoms with van der Waals surface area (Å²) >= 11 is 5.92. The third-order valence-corrected chi connectivity index (χ3v) is 6.24. The second kappa shape index (κ2) is 7.16. The molecule has 146 valence electrons. The van der Waals surface area contributed by atoms with Crippen LogP contribution in [0.2, 0.25) is 5.02 Å². The molecule has 4 atom stereocenters. The van der Waals surface area contributed by atoms with E-state index in [0.29, 0.717) is 22.9 Å². The molecule has 1 heterocycles. The van der Waals surface area contributed by atoms with Crippen LogP contribution in [0.15, 0.2) is 65.8 Å². The molecule has 0 aromatic heterocycles. The highest BCUT2D eigenvalue weighted by Crippen LogP contribution is 2.52. The summed E-state index contributed by atoms with van der Waals surface area (Å²) in [5.41, 5.74) is 1.70. The average molecular weight is 407 g/mol. The van der Waals surface area contributed by atoms with Crippen molar-refractivity contribution in [3.63, 3.8) is 0 Å². The number of nitrogens with zero attached hydrogens (tertiary/aromatic N) is 2. The van der Waals surface area contributed by atoms with Gasteiger partial charge in [0.2, 0.25) is 0 Å². The number of amides is 2. The summed E-state index contributed by atoms with van der Waals surface area (Å²) in [5.74, 6) is 0.123. The molecule has 2 bridgehead atoms. The maximum Gasteiger partial charge on any atom is 0.254 e. The Kier molecular flexibility index (Phi) is 4.47. The molecule has 4 unspecified atom stereocenters. The molecule has 0 N–H and O–H groups in total. The van der Waals surface area contributed by atoms with Crippen LogP contribution in [0.5, 0.6) is 5.75 Å². The van der Waals surface area contributed by atoms with E-state index < -0.39 is 0 Å². The Hall–Kier alpha value is -2.92. The van der Waals surface area contributed by atoms with Crippen LogP contribution in [0, 0.1) is 23.7 Å². The van der Waals surface area contributed by atoms with Crippen LogP contribution in [0.4, 0.5) is 0 Å². The van der Waals surface area contributed by atoms with Crippen molar-refractivity contribution in [2.75, 3.05) is 0 Å². The van der Waals surface area contributed by atoms with Crippen molar-refractivity contribution in [2.45, 2.75) is 13.0 Å². The monoisotopic (exact) mass is 406 g/mol. The van der Waals surface area contributed by atoms with Crippen LogP contribution < -0.4 is 4.74 Å². The molecule has 0 spiro atoms.